The molecule has 38 heavy (non-hydrogen) atoms. The summed E-state index contributed by atoms with van der Waals surface area (Å²) in [7, 11) is 0. The van der Waals surface area contributed by atoms with E-state index in [2.05, 4.69) is 82.0 Å². The van der Waals surface area contributed by atoms with E-state index in [0.29, 0.717) is 12.3 Å². The molecule has 1 heterocycles. The maximum Gasteiger partial charge on any atom is 0.0906 e. The van der Waals surface area contributed by atoms with Gasteiger partial charge in [-0.15, -0.1) is 0 Å². The van der Waals surface area contributed by atoms with E-state index >= 15 is 0 Å². The lowest BCUT2D eigenvalue weighted by atomic mass is 9.80. The molecule has 2 aromatic rings. The molecule has 0 amide bonds. The largest absolute Gasteiger partial charge is 0.399 e. The summed E-state index contributed by atoms with van der Waals surface area (Å²) >= 11 is 0. The fourth-order valence-corrected chi connectivity index (χ4v) is 6.43. The molecule has 2 aliphatic rings. The number of halogens is 1. The molecule has 0 saturated carbocycles. The molecule has 1 aliphatic heterocycles. The van der Waals surface area contributed by atoms with Crippen molar-refractivity contribution < 1.29 is 4.39 Å². The molecule has 1 unspecified atom stereocenters. The Morgan fingerprint density at radius 3 is 2.45 bits per heavy atom. The van der Waals surface area contributed by atoms with Gasteiger partial charge in [0.2, 0.25) is 0 Å². The van der Waals surface area contributed by atoms with Gasteiger partial charge in [0.15, 0.2) is 0 Å². The second-order valence-corrected chi connectivity index (χ2v) is 11.6. The minimum absolute atomic E-state index is 0.210. The third-order valence-electron chi connectivity index (χ3n) is 8.72. The summed E-state index contributed by atoms with van der Waals surface area (Å²) in [6.45, 7) is 14.1. The Labute approximate surface area is 230 Å². The van der Waals surface area contributed by atoms with Crippen molar-refractivity contribution in [3.05, 3.63) is 92.6 Å². The number of hydrogen-bond donors (Lipinski definition) is 1. The normalized spacial score (nSPS) is 19.1. The molecule has 1 aliphatic carbocycles. The van der Waals surface area contributed by atoms with Crippen LogP contribution in [0.1, 0.15) is 87.1 Å². The average molecular weight is 515 g/mol. The van der Waals surface area contributed by atoms with E-state index in [0.717, 1.165) is 57.4 Å². The molecule has 2 N–H and O–H groups in total. The van der Waals surface area contributed by atoms with E-state index in [4.69, 9.17) is 5.73 Å². The molecule has 204 valence electrons. The van der Waals surface area contributed by atoms with Crippen LogP contribution in [-0.2, 0) is 6.42 Å². The van der Waals surface area contributed by atoms with Crippen LogP contribution >= 0.6 is 0 Å². The first kappa shape index (κ1) is 28.4. The Morgan fingerprint density at radius 2 is 1.76 bits per heavy atom. The fraction of sp³-hybridized carbons (Fsp3) is 0.486. The van der Waals surface area contributed by atoms with Crippen molar-refractivity contribution >= 4 is 11.3 Å². The van der Waals surface area contributed by atoms with Gasteiger partial charge in [-0.3, -0.25) is 4.39 Å². The zero-order chi connectivity index (χ0) is 27.2. The van der Waals surface area contributed by atoms with Crippen molar-refractivity contribution in [1.82, 2.24) is 4.90 Å². The molecule has 2 aromatic carbocycles. The van der Waals surface area contributed by atoms with E-state index in [9.17, 15) is 4.39 Å². The van der Waals surface area contributed by atoms with E-state index in [1.807, 2.05) is 0 Å². The van der Waals surface area contributed by atoms with E-state index in [1.54, 1.807) is 0 Å². The first-order valence-electron chi connectivity index (χ1n) is 14.7. The predicted octanol–water partition coefficient (Wildman–Crippen LogP) is 8.77. The number of benzene rings is 2. The lowest BCUT2D eigenvalue weighted by molar-refractivity contribution is 0.301. The zero-order valence-electron chi connectivity index (χ0n) is 24.3. The van der Waals surface area contributed by atoms with Gasteiger partial charge < -0.3 is 10.6 Å². The van der Waals surface area contributed by atoms with Crippen LogP contribution in [0.25, 0.3) is 5.57 Å². The van der Waals surface area contributed by atoms with Crippen LogP contribution in [0.5, 0.6) is 0 Å². The summed E-state index contributed by atoms with van der Waals surface area (Å²) < 4.78 is 12.6. The molecule has 3 heteroatoms. The highest BCUT2D eigenvalue weighted by Gasteiger charge is 2.23. The van der Waals surface area contributed by atoms with Crippen LogP contribution in [-0.4, -0.2) is 31.2 Å². The summed E-state index contributed by atoms with van der Waals surface area (Å²) in [5, 5.41) is 0. The second-order valence-electron chi connectivity index (χ2n) is 11.6. The highest BCUT2D eigenvalue weighted by Crippen LogP contribution is 2.40. The van der Waals surface area contributed by atoms with Crippen molar-refractivity contribution in [3.63, 3.8) is 0 Å². The molecule has 4 rings (SSSR count). The number of likely N-dealkylation sites (tertiary alicyclic amines) is 1. The highest BCUT2D eigenvalue weighted by molar-refractivity contribution is 5.87. The minimum Gasteiger partial charge on any atom is -0.399 e. The van der Waals surface area contributed by atoms with Crippen molar-refractivity contribution in [2.24, 2.45) is 5.92 Å². The van der Waals surface area contributed by atoms with Crippen LogP contribution in [0.2, 0.25) is 0 Å². The molecular weight excluding hydrogens is 467 g/mol. The molecule has 0 radical (unpaired) electrons. The quantitative estimate of drug-likeness (QED) is 0.321. The van der Waals surface area contributed by atoms with Crippen LogP contribution < -0.4 is 5.73 Å². The maximum absolute atomic E-state index is 12.6. The first-order chi connectivity index (χ1) is 18.3. The Balaban J connectivity index is 1.74. The number of nitrogens with zero attached hydrogens (tertiary/aromatic N) is 1. The topological polar surface area (TPSA) is 29.3 Å². The van der Waals surface area contributed by atoms with Gasteiger partial charge in [0.25, 0.3) is 0 Å². The van der Waals surface area contributed by atoms with Crippen LogP contribution in [0, 0.1) is 19.8 Å². The molecule has 1 saturated heterocycles. The average Bonchev–Trinajstić information content (AvgIpc) is 3.35. The number of anilines is 1. The third-order valence-corrected chi connectivity index (χ3v) is 8.72. The Kier molecular flexibility index (Phi) is 9.65. The van der Waals surface area contributed by atoms with Crippen molar-refractivity contribution in [2.45, 2.75) is 79.6 Å². The van der Waals surface area contributed by atoms with Gasteiger partial charge in [0, 0.05) is 18.8 Å². The monoisotopic (exact) mass is 514 g/mol. The molecule has 0 spiro atoms. The number of alkyl halides is 1. The van der Waals surface area contributed by atoms with Crippen molar-refractivity contribution in [1.29, 1.82) is 0 Å². The van der Waals surface area contributed by atoms with Crippen LogP contribution in [0.4, 0.5) is 10.1 Å². The molecular formula is C35H47FN2. The van der Waals surface area contributed by atoms with Gasteiger partial charge >= 0.3 is 0 Å². The van der Waals surface area contributed by atoms with Gasteiger partial charge in [0.1, 0.15) is 0 Å². The Morgan fingerprint density at radius 1 is 1.00 bits per heavy atom. The van der Waals surface area contributed by atoms with Gasteiger partial charge in [-0.05, 0) is 135 Å². The van der Waals surface area contributed by atoms with Crippen molar-refractivity contribution in [3.8, 4) is 0 Å². The fourth-order valence-electron chi connectivity index (χ4n) is 6.43. The maximum atomic E-state index is 12.6. The molecule has 0 bridgehead atoms. The van der Waals surface area contributed by atoms with E-state index < -0.39 is 0 Å². The standard InChI is InChI=1S/C35H47FN2/c1-6-8-33(31-14-9-24(2)21-25(31)3)35(32-15-16-34(37)27(5)26(32)4)30-12-10-28(11-13-30)22-29-17-20-38(23-29)19-7-18-36/h10-13,15-16,21,29H,6-9,14,17-20,22-23,37H2,1-5H3/b35-33+. The minimum atomic E-state index is -0.210. The Hall–Kier alpha value is -2.65. The summed E-state index contributed by atoms with van der Waals surface area (Å²) in [6.07, 6.45) is 9.78. The lowest BCUT2D eigenvalue weighted by Gasteiger charge is -2.25. The second kappa shape index (κ2) is 12.9. The third kappa shape index (κ3) is 6.49. The van der Waals surface area contributed by atoms with Crippen molar-refractivity contribution in [2.75, 3.05) is 32.0 Å². The predicted molar refractivity (Wildman–Crippen MR) is 162 cm³/mol. The SMILES string of the molecule is CCC/C(C1=C(C)C=C(C)CC1)=C(/c1ccc(CC2CCN(CCCF)C2)cc1)c1ccc(N)c(C)c1C. The summed E-state index contributed by atoms with van der Waals surface area (Å²) in [5.74, 6) is 0.665. The Bertz CT molecular complexity index is 1220. The number of hydrogen-bond acceptors (Lipinski definition) is 2. The van der Waals surface area contributed by atoms with Gasteiger partial charge in [-0.2, -0.15) is 0 Å². The van der Waals surface area contributed by atoms with Crippen LogP contribution in [0.3, 0.4) is 0 Å². The smallest absolute Gasteiger partial charge is 0.0906 e. The summed E-state index contributed by atoms with van der Waals surface area (Å²) in [4.78, 5) is 2.43. The molecule has 0 aromatic heterocycles. The zero-order valence-corrected chi connectivity index (χ0v) is 24.3. The number of allylic oxidation sites excluding steroid dienone is 5. The van der Waals surface area contributed by atoms with Crippen LogP contribution in [0.15, 0.2) is 64.8 Å². The number of nitrogens with two attached hydrogens (primary N) is 1. The van der Waals surface area contributed by atoms with E-state index in [1.165, 1.54) is 62.1 Å². The highest BCUT2D eigenvalue weighted by atomic mass is 19.1. The summed E-state index contributed by atoms with van der Waals surface area (Å²) in [5.41, 5.74) is 20.9. The summed E-state index contributed by atoms with van der Waals surface area (Å²) in [6, 6.07) is 13.7. The van der Waals surface area contributed by atoms with Gasteiger partial charge in [-0.25, -0.2) is 0 Å². The number of rotatable bonds is 10. The van der Waals surface area contributed by atoms with Gasteiger partial charge in [0.05, 0.1) is 6.67 Å². The molecule has 1 atom stereocenters. The van der Waals surface area contributed by atoms with Gasteiger partial charge in [-0.1, -0.05) is 55.3 Å². The lowest BCUT2D eigenvalue weighted by Crippen LogP contribution is -2.22. The number of nitrogen functional groups attached to an aromatic ring is 1. The first-order valence-corrected chi connectivity index (χ1v) is 14.7. The molecule has 1 fully saturated rings. The molecule has 2 nitrogen and oxygen atoms in total. The van der Waals surface area contributed by atoms with E-state index in [-0.39, 0.29) is 6.67 Å².